The first-order valence-corrected chi connectivity index (χ1v) is 8.66. The summed E-state index contributed by atoms with van der Waals surface area (Å²) >= 11 is 0. The van der Waals surface area contributed by atoms with E-state index in [0.29, 0.717) is 32.5 Å². The molecule has 0 unspecified atom stereocenters. The number of hydrogen-bond acceptors (Lipinski definition) is 6. The van der Waals surface area contributed by atoms with Gasteiger partial charge in [0, 0.05) is 33.9 Å². The third-order valence-corrected chi connectivity index (χ3v) is 4.12. The lowest BCUT2D eigenvalue weighted by Crippen LogP contribution is -2.52. The number of hydrogen-bond donors (Lipinski definition) is 2. The predicted molar refractivity (Wildman–Crippen MR) is 91.9 cm³/mol. The van der Waals surface area contributed by atoms with E-state index < -0.39 is 11.2 Å². The molecule has 1 fully saturated rings. The largest absolute Gasteiger partial charge is 0.444 e. The molecule has 1 amide bonds. The van der Waals surface area contributed by atoms with Gasteiger partial charge in [-0.2, -0.15) is 0 Å². The van der Waals surface area contributed by atoms with Gasteiger partial charge in [0.05, 0.1) is 5.60 Å². The Morgan fingerprint density at radius 3 is 2.33 bits per heavy atom. The molecule has 0 saturated carbocycles. The van der Waals surface area contributed by atoms with Gasteiger partial charge >= 0.3 is 6.09 Å². The second kappa shape index (κ2) is 9.56. The van der Waals surface area contributed by atoms with Crippen LogP contribution in [0.15, 0.2) is 0 Å². The third-order valence-electron chi connectivity index (χ3n) is 4.12. The minimum Gasteiger partial charge on any atom is -0.444 e. The quantitative estimate of drug-likeness (QED) is 0.515. The van der Waals surface area contributed by atoms with Gasteiger partial charge < -0.3 is 29.5 Å². The molecule has 1 aliphatic rings. The summed E-state index contributed by atoms with van der Waals surface area (Å²) in [5.74, 6) is 0. The lowest BCUT2D eigenvalue weighted by molar-refractivity contribution is -0.106. The fraction of sp³-hybridized carbons (Fsp3) is 0.941. The molecule has 7 heteroatoms. The number of methoxy groups -OCH3 is 2. The summed E-state index contributed by atoms with van der Waals surface area (Å²) < 4.78 is 15.6. The van der Waals surface area contributed by atoms with Crippen LogP contribution in [-0.4, -0.2) is 74.0 Å². The van der Waals surface area contributed by atoms with Crippen molar-refractivity contribution in [1.29, 1.82) is 0 Å². The van der Waals surface area contributed by atoms with E-state index in [0.717, 1.165) is 19.4 Å². The van der Waals surface area contributed by atoms with E-state index in [4.69, 9.17) is 14.2 Å². The number of nitrogens with one attached hydrogen (secondary N) is 1. The molecule has 0 atom stereocenters. The zero-order chi connectivity index (χ0) is 18.2. The highest BCUT2D eigenvalue weighted by molar-refractivity contribution is 5.68. The van der Waals surface area contributed by atoms with Crippen LogP contribution >= 0.6 is 0 Å². The Hall–Kier alpha value is -0.890. The highest BCUT2D eigenvalue weighted by Crippen LogP contribution is 2.23. The summed E-state index contributed by atoms with van der Waals surface area (Å²) in [4.78, 5) is 13.7. The van der Waals surface area contributed by atoms with Crippen molar-refractivity contribution in [2.24, 2.45) is 0 Å². The molecule has 1 saturated heterocycles. The van der Waals surface area contributed by atoms with E-state index in [1.807, 2.05) is 20.8 Å². The van der Waals surface area contributed by atoms with Gasteiger partial charge in [-0.15, -0.1) is 0 Å². The molecule has 7 nitrogen and oxygen atoms in total. The van der Waals surface area contributed by atoms with Crippen molar-refractivity contribution in [3.8, 4) is 0 Å². The molecule has 0 radical (unpaired) electrons. The van der Waals surface area contributed by atoms with Crippen LogP contribution in [-0.2, 0) is 14.2 Å². The van der Waals surface area contributed by atoms with Gasteiger partial charge in [-0.05, 0) is 53.0 Å². The molecule has 1 heterocycles. The minimum atomic E-state index is -0.763. The smallest absolute Gasteiger partial charge is 0.410 e. The van der Waals surface area contributed by atoms with Gasteiger partial charge in [0.25, 0.3) is 0 Å². The number of amides is 1. The van der Waals surface area contributed by atoms with E-state index in [1.165, 1.54) is 0 Å². The van der Waals surface area contributed by atoms with E-state index >= 15 is 0 Å². The Morgan fingerprint density at radius 2 is 1.83 bits per heavy atom. The standard InChI is InChI=1S/C17H34N2O5/c1-16(2,3)24-15(20)19-11-8-17(21,9-12-19)13-18-10-6-7-14(22-4)23-5/h14,18,21H,6-13H2,1-5H3. The second-order valence-corrected chi connectivity index (χ2v) is 7.41. The summed E-state index contributed by atoms with van der Waals surface area (Å²) in [7, 11) is 3.26. The van der Waals surface area contributed by atoms with Crippen LogP contribution in [0.4, 0.5) is 4.79 Å². The number of aliphatic hydroxyl groups is 1. The molecule has 24 heavy (non-hydrogen) atoms. The van der Waals surface area contributed by atoms with Crippen molar-refractivity contribution in [3.63, 3.8) is 0 Å². The van der Waals surface area contributed by atoms with Gasteiger partial charge in [-0.25, -0.2) is 4.79 Å². The van der Waals surface area contributed by atoms with E-state index in [2.05, 4.69) is 5.32 Å². The lowest BCUT2D eigenvalue weighted by Gasteiger charge is -2.38. The van der Waals surface area contributed by atoms with Crippen LogP contribution in [0.1, 0.15) is 46.5 Å². The van der Waals surface area contributed by atoms with Crippen molar-refractivity contribution in [2.75, 3.05) is 40.4 Å². The molecule has 0 aliphatic carbocycles. The molecular weight excluding hydrogens is 312 g/mol. The van der Waals surface area contributed by atoms with E-state index in [1.54, 1.807) is 19.1 Å². The molecular formula is C17H34N2O5. The van der Waals surface area contributed by atoms with Crippen molar-refractivity contribution < 1.29 is 24.1 Å². The summed E-state index contributed by atoms with van der Waals surface area (Å²) in [5.41, 5.74) is -1.25. The number of rotatable bonds is 8. The van der Waals surface area contributed by atoms with Gasteiger partial charge in [0.2, 0.25) is 0 Å². The van der Waals surface area contributed by atoms with Crippen LogP contribution in [0.5, 0.6) is 0 Å². The Balaban J connectivity index is 2.24. The highest BCUT2D eigenvalue weighted by Gasteiger charge is 2.35. The van der Waals surface area contributed by atoms with Crippen LogP contribution in [0.2, 0.25) is 0 Å². The summed E-state index contributed by atoms with van der Waals surface area (Å²) in [5, 5.41) is 13.9. The zero-order valence-electron chi connectivity index (χ0n) is 15.8. The van der Waals surface area contributed by atoms with Crippen LogP contribution < -0.4 is 5.32 Å². The number of nitrogens with zero attached hydrogens (tertiary/aromatic N) is 1. The van der Waals surface area contributed by atoms with Crippen molar-refractivity contribution >= 4 is 6.09 Å². The maximum atomic E-state index is 12.0. The first-order chi connectivity index (χ1) is 11.2. The van der Waals surface area contributed by atoms with Crippen molar-refractivity contribution in [3.05, 3.63) is 0 Å². The van der Waals surface area contributed by atoms with Crippen LogP contribution in [0.25, 0.3) is 0 Å². The monoisotopic (exact) mass is 346 g/mol. The Labute approximate surface area is 145 Å². The van der Waals surface area contributed by atoms with Gasteiger partial charge in [-0.3, -0.25) is 0 Å². The number of ether oxygens (including phenoxy) is 3. The lowest BCUT2D eigenvalue weighted by atomic mass is 9.91. The van der Waals surface area contributed by atoms with Crippen LogP contribution in [0.3, 0.4) is 0 Å². The second-order valence-electron chi connectivity index (χ2n) is 7.41. The fourth-order valence-corrected chi connectivity index (χ4v) is 2.66. The van der Waals surface area contributed by atoms with Crippen molar-refractivity contribution in [2.45, 2.75) is 63.9 Å². The SMILES string of the molecule is COC(CCCNCC1(O)CCN(C(=O)OC(C)(C)C)CC1)OC. The first-order valence-electron chi connectivity index (χ1n) is 8.66. The Kier molecular flexibility index (Phi) is 8.42. The third kappa shape index (κ3) is 7.79. The van der Waals surface area contributed by atoms with Gasteiger partial charge in [0.15, 0.2) is 6.29 Å². The first kappa shape index (κ1) is 21.2. The van der Waals surface area contributed by atoms with Gasteiger partial charge in [0.1, 0.15) is 5.60 Å². The zero-order valence-corrected chi connectivity index (χ0v) is 15.8. The summed E-state index contributed by atoms with van der Waals surface area (Å²) in [6.07, 6.45) is 2.35. The van der Waals surface area contributed by atoms with E-state index in [9.17, 15) is 9.90 Å². The van der Waals surface area contributed by atoms with Gasteiger partial charge in [-0.1, -0.05) is 0 Å². The van der Waals surface area contributed by atoms with Crippen molar-refractivity contribution in [1.82, 2.24) is 10.2 Å². The van der Waals surface area contributed by atoms with Crippen LogP contribution in [0, 0.1) is 0 Å². The minimum absolute atomic E-state index is 0.174. The maximum absolute atomic E-state index is 12.0. The molecule has 0 aromatic carbocycles. The Morgan fingerprint density at radius 1 is 1.25 bits per heavy atom. The molecule has 2 N–H and O–H groups in total. The molecule has 1 aliphatic heterocycles. The number of carbonyl (C=O) groups excluding carboxylic acids is 1. The molecule has 0 aromatic rings. The summed E-state index contributed by atoms with van der Waals surface area (Å²) in [6.45, 7) is 7.92. The predicted octanol–water partition coefficient (Wildman–Crippen LogP) is 1.74. The van der Waals surface area contributed by atoms with E-state index in [-0.39, 0.29) is 12.4 Å². The molecule has 0 aromatic heterocycles. The topological polar surface area (TPSA) is 80.3 Å². The number of piperidine rings is 1. The Bertz CT molecular complexity index is 372. The summed E-state index contributed by atoms with van der Waals surface area (Å²) in [6, 6.07) is 0. The molecule has 0 bridgehead atoms. The highest BCUT2D eigenvalue weighted by atomic mass is 16.7. The maximum Gasteiger partial charge on any atom is 0.410 e. The average Bonchev–Trinajstić information content (AvgIpc) is 2.50. The fourth-order valence-electron chi connectivity index (χ4n) is 2.66. The average molecular weight is 346 g/mol. The molecule has 1 rings (SSSR count). The molecule has 0 spiro atoms. The normalized spacial score (nSPS) is 18.0. The number of carbonyl (C=O) groups is 1. The number of likely N-dealkylation sites (tertiary alicyclic amines) is 1. The molecule has 142 valence electrons.